The second-order valence-corrected chi connectivity index (χ2v) is 4.45. The van der Waals surface area contributed by atoms with E-state index in [9.17, 15) is 4.79 Å². The van der Waals surface area contributed by atoms with Crippen molar-refractivity contribution >= 4 is 6.29 Å². The Morgan fingerprint density at radius 3 is 2.21 bits per heavy atom. The predicted molar refractivity (Wildman–Crippen MR) is 60.5 cm³/mol. The van der Waals surface area contributed by atoms with E-state index < -0.39 is 0 Å². The molecule has 0 aliphatic carbocycles. The second kappa shape index (κ2) is 7.94. The maximum atomic E-state index is 10.3. The minimum absolute atomic E-state index is 0.653. The molecule has 3 heteroatoms. The van der Waals surface area contributed by atoms with Crippen LogP contribution in [-0.4, -0.2) is 56.4 Å². The summed E-state index contributed by atoms with van der Waals surface area (Å²) in [5.74, 6) is 0.670. The van der Waals surface area contributed by atoms with E-state index in [1.165, 1.54) is 0 Å². The first-order valence-corrected chi connectivity index (χ1v) is 5.37. The fraction of sp³-hybridized carbons (Fsp3) is 0.909. The largest absolute Gasteiger partial charge is 0.308 e. The lowest BCUT2D eigenvalue weighted by atomic mass is 10.2. The van der Waals surface area contributed by atoms with Crippen LogP contribution in [0.1, 0.15) is 20.3 Å². The number of hydrogen-bond acceptors (Lipinski definition) is 3. The minimum Gasteiger partial charge on any atom is -0.308 e. The molecule has 0 aromatic heterocycles. The van der Waals surface area contributed by atoms with Gasteiger partial charge in [0.2, 0.25) is 0 Å². The van der Waals surface area contributed by atoms with Crippen molar-refractivity contribution in [2.24, 2.45) is 5.92 Å². The molecule has 0 heterocycles. The molecule has 0 aromatic carbocycles. The van der Waals surface area contributed by atoms with E-state index in [0.29, 0.717) is 12.3 Å². The van der Waals surface area contributed by atoms with E-state index in [-0.39, 0.29) is 0 Å². The van der Waals surface area contributed by atoms with Gasteiger partial charge >= 0.3 is 0 Å². The molecule has 14 heavy (non-hydrogen) atoms. The number of nitrogens with zero attached hydrogens (tertiary/aromatic N) is 2. The summed E-state index contributed by atoms with van der Waals surface area (Å²) in [5, 5.41) is 0. The van der Waals surface area contributed by atoms with Crippen LogP contribution in [0.15, 0.2) is 0 Å². The SMILES string of the molecule is CC(C)CN(CCC=O)CCN(C)C. The lowest BCUT2D eigenvalue weighted by Crippen LogP contribution is -2.35. The second-order valence-electron chi connectivity index (χ2n) is 4.45. The summed E-state index contributed by atoms with van der Waals surface area (Å²) in [6, 6.07) is 0. The minimum atomic E-state index is 0.653. The van der Waals surface area contributed by atoms with Crippen LogP contribution in [0.3, 0.4) is 0 Å². The van der Waals surface area contributed by atoms with E-state index in [1.54, 1.807) is 0 Å². The van der Waals surface area contributed by atoms with Gasteiger partial charge in [-0.3, -0.25) is 0 Å². The molecule has 0 rings (SSSR count). The van der Waals surface area contributed by atoms with Crippen molar-refractivity contribution in [2.45, 2.75) is 20.3 Å². The average molecular weight is 200 g/mol. The van der Waals surface area contributed by atoms with Crippen LogP contribution in [0, 0.1) is 5.92 Å². The van der Waals surface area contributed by atoms with Crippen molar-refractivity contribution in [1.82, 2.24) is 9.80 Å². The first-order chi connectivity index (χ1) is 6.56. The van der Waals surface area contributed by atoms with E-state index in [0.717, 1.165) is 32.5 Å². The fourth-order valence-corrected chi connectivity index (χ4v) is 1.39. The summed E-state index contributed by atoms with van der Waals surface area (Å²) in [6.45, 7) is 8.52. The Morgan fingerprint density at radius 2 is 1.79 bits per heavy atom. The molecule has 0 saturated carbocycles. The Labute approximate surface area is 88.1 Å². The number of hydrogen-bond donors (Lipinski definition) is 0. The Hall–Kier alpha value is -0.410. The van der Waals surface area contributed by atoms with Gasteiger partial charge in [-0.25, -0.2) is 0 Å². The lowest BCUT2D eigenvalue weighted by Gasteiger charge is -2.24. The highest BCUT2D eigenvalue weighted by molar-refractivity contribution is 5.49. The summed E-state index contributed by atoms with van der Waals surface area (Å²) in [4.78, 5) is 14.8. The molecular formula is C11H24N2O. The Morgan fingerprint density at radius 1 is 1.14 bits per heavy atom. The van der Waals surface area contributed by atoms with Crippen LogP contribution in [0.4, 0.5) is 0 Å². The molecule has 0 aromatic rings. The maximum Gasteiger partial charge on any atom is 0.121 e. The zero-order valence-electron chi connectivity index (χ0n) is 9.99. The highest BCUT2D eigenvalue weighted by Crippen LogP contribution is 1.99. The van der Waals surface area contributed by atoms with Crippen LogP contribution in [0.25, 0.3) is 0 Å². The van der Waals surface area contributed by atoms with Crippen molar-refractivity contribution in [1.29, 1.82) is 0 Å². The van der Waals surface area contributed by atoms with Gasteiger partial charge in [-0.1, -0.05) is 13.8 Å². The third kappa shape index (κ3) is 8.20. The van der Waals surface area contributed by atoms with E-state index in [2.05, 4.69) is 37.7 Å². The van der Waals surface area contributed by atoms with Crippen molar-refractivity contribution in [3.05, 3.63) is 0 Å². The summed E-state index contributed by atoms with van der Waals surface area (Å²) in [7, 11) is 4.15. The van der Waals surface area contributed by atoms with E-state index in [4.69, 9.17) is 0 Å². The number of rotatable bonds is 8. The van der Waals surface area contributed by atoms with Gasteiger partial charge in [-0.15, -0.1) is 0 Å². The molecule has 3 nitrogen and oxygen atoms in total. The number of aldehydes is 1. The molecule has 0 N–H and O–H groups in total. The summed E-state index contributed by atoms with van der Waals surface area (Å²) in [6.07, 6.45) is 1.66. The Kier molecular flexibility index (Phi) is 7.71. The van der Waals surface area contributed by atoms with E-state index in [1.807, 2.05) is 0 Å². The smallest absolute Gasteiger partial charge is 0.121 e. The van der Waals surface area contributed by atoms with Crippen molar-refractivity contribution < 1.29 is 4.79 Å². The summed E-state index contributed by atoms with van der Waals surface area (Å²) >= 11 is 0. The molecule has 84 valence electrons. The van der Waals surface area contributed by atoms with Gasteiger partial charge in [0.15, 0.2) is 0 Å². The quantitative estimate of drug-likeness (QED) is 0.548. The first kappa shape index (κ1) is 13.6. The van der Waals surface area contributed by atoms with Gasteiger partial charge in [0.05, 0.1) is 0 Å². The highest BCUT2D eigenvalue weighted by atomic mass is 16.1. The zero-order valence-corrected chi connectivity index (χ0v) is 9.99. The van der Waals surface area contributed by atoms with Crippen molar-refractivity contribution in [3.63, 3.8) is 0 Å². The van der Waals surface area contributed by atoms with Gasteiger partial charge < -0.3 is 14.6 Å². The predicted octanol–water partition coefficient (Wildman–Crippen LogP) is 1.09. The Balaban J connectivity index is 3.77. The van der Waals surface area contributed by atoms with Crippen molar-refractivity contribution in [3.8, 4) is 0 Å². The van der Waals surface area contributed by atoms with Crippen molar-refractivity contribution in [2.75, 3.05) is 40.3 Å². The molecule has 0 radical (unpaired) electrons. The van der Waals surface area contributed by atoms with Gasteiger partial charge in [-0.05, 0) is 20.0 Å². The van der Waals surface area contributed by atoms with Crippen LogP contribution >= 0.6 is 0 Å². The molecule has 0 fully saturated rings. The van der Waals surface area contributed by atoms with Gasteiger partial charge in [0.1, 0.15) is 6.29 Å². The molecular weight excluding hydrogens is 176 g/mol. The molecule has 0 bridgehead atoms. The number of carbonyl (C=O) groups is 1. The number of likely N-dealkylation sites (N-methyl/N-ethyl adjacent to an activating group) is 1. The average Bonchev–Trinajstić information content (AvgIpc) is 2.09. The van der Waals surface area contributed by atoms with Crippen LogP contribution in [0.5, 0.6) is 0 Å². The normalized spacial score (nSPS) is 11.6. The lowest BCUT2D eigenvalue weighted by molar-refractivity contribution is -0.108. The molecule has 0 amide bonds. The van der Waals surface area contributed by atoms with Gasteiger partial charge in [0, 0.05) is 32.6 Å². The first-order valence-electron chi connectivity index (χ1n) is 5.37. The van der Waals surface area contributed by atoms with Crippen LogP contribution in [0.2, 0.25) is 0 Å². The van der Waals surface area contributed by atoms with Crippen LogP contribution < -0.4 is 0 Å². The molecule has 0 unspecified atom stereocenters. The third-order valence-electron chi connectivity index (χ3n) is 2.05. The van der Waals surface area contributed by atoms with Gasteiger partial charge in [0.25, 0.3) is 0 Å². The molecule has 0 saturated heterocycles. The van der Waals surface area contributed by atoms with Gasteiger partial charge in [-0.2, -0.15) is 0 Å². The molecule has 0 aliphatic rings. The molecule has 0 atom stereocenters. The summed E-state index contributed by atoms with van der Waals surface area (Å²) in [5.41, 5.74) is 0. The number of carbonyl (C=O) groups excluding carboxylic acids is 1. The monoisotopic (exact) mass is 200 g/mol. The fourth-order valence-electron chi connectivity index (χ4n) is 1.39. The maximum absolute atomic E-state index is 10.3. The topological polar surface area (TPSA) is 23.6 Å². The molecule has 0 spiro atoms. The standard InChI is InChI=1S/C11H24N2O/c1-11(2)10-13(6-5-9-14)8-7-12(3)4/h9,11H,5-8,10H2,1-4H3. The van der Waals surface area contributed by atoms with Crippen LogP contribution in [-0.2, 0) is 4.79 Å². The summed E-state index contributed by atoms with van der Waals surface area (Å²) < 4.78 is 0. The third-order valence-corrected chi connectivity index (χ3v) is 2.05. The highest BCUT2D eigenvalue weighted by Gasteiger charge is 2.06. The van der Waals surface area contributed by atoms with E-state index >= 15 is 0 Å². The Bertz CT molecular complexity index is 146. The molecule has 0 aliphatic heterocycles. The zero-order chi connectivity index (χ0) is 11.0.